The van der Waals surface area contributed by atoms with Crippen molar-refractivity contribution in [2.24, 2.45) is 5.73 Å². The number of rotatable bonds is 8. The van der Waals surface area contributed by atoms with Gasteiger partial charge in [0.05, 0.1) is 12.6 Å². The first-order chi connectivity index (χ1) is 7.07. The number of aliphatic carboxylic acids is 1. The summed E-state index contributed by atoms with van der Waals surface area (Å²) in [5.74, 6) is -1.25. The van der Waals surface area contributed by atoms with Gasteiger partial charge in [0, 0.05) is 6.54 Å². The number of nitrogens with two attached hydrogens (primary N) is 1. The van der Waals surface area contributed by atoms with E-state index in [4.69, 9.17) is 15.6 Å². The van der Waals surface area contributed by atoms with Crippen molar-refractivity contribution in [2.75, 3.05) is 19.8 Å². The maximum Gasteiger partial charge on any atom is 0.329 e. The smallest absolute Gasteiger partial charge is 0.329 e. The van der Waals surface area contributed by atoms with Crippen LogP contribution in [0.25, 0.3) is 0 Å². The van der Waals surface area contributed by atoms with Gasteiger partial charge in [-0.05, 0) is 6.42 Å². The number of hydrogen-bond donors (Lipinski definition) is 3. The third-order valence-electron chi connectivity index (χ3n) is 1.71. The minimum absolute atomic E-state index is 0.177. The Morgan fingerprint density at radius 3 is 2.73 bits per heavy atom. The molecule has 0 radical (unpaired) electrons. The van der Waals surface area contributed by atoms with Gasteiger partial charge in [-0.15, -0.1) is 0 Å². The summed E-state index contributed by atoms with van der Waals surface area (Å²) in [6.07, 6.45) is 1.49. The zero-order valence-electron chi connectivity index (χ0n) is 8.86. The molecule has 0 heterocycles. The molecule has 0 unspecified atom stereocenters. The van der Waals surface area contributed by atoms with Crippen LogP contribution in [-0.4, -0.2) is 42.8 Å². The molecule has 0 fully saturated rings. The van der Waals surface area contributed by atoms with E-state index in [1.807, 2.05) is 6.92 Å². The number of amides is 1. The number of hydrogen-bond acceptors (Lipinski definition) is 4. The molecular weight excluding hydrogens is 200 g/mol. The Kier molecular flexibility index (Phi) is 7.57. The molecule has 6 heteroatoms. The highest BCUT2D eigenvalue weighted by molar-refractivity contribution is 5.81. The topological polar surface area (TPSA) is 102 Å². The van der Waals surface area contributed by atoms with E-state index in [1.54, 1.807) is 0 Å². The lowest BCUT2D eigenvalue weighted by Gasteiger charge is -2.10. The van der Waals surface area contributed by atoms with Gasteiger partial charge in [0.15, 0.2) is 0 Å². The first-order valence-electron chi connectivity index (χ1n) is 4.90. The number of carbonyl (C=O) groups is 2. The van der Waals surface area contributed by atoms with E-state index in [-0.39, 0.29) is 25.7 Å². The fourth-order valence-electron chi connectivity index (χ4n) is 0.979. The highest BCUT2D eigenvalue weighted by atomic mass is 16.5. The van der Waals surface area contributed by atoms with Crippen LogP contribution in [0.4, 0.5) is 0 Å². The second-order valence-corrected chi connectivity index (χ2v) is 3.13. The van der Waals surface area contributed by atoms with E-state index >= 15 is 0 Å². The fourth-order valence-corrected chi connectivity index (χ4v) is 0.979. The van der Waals surface area contributed by atoms with Crippen molar-refractivity contribution in [3.63, 3.8) is 0 Å². The third-order valence-corrected chi connectivity index (χ3v) is 1.71. The molecule has 0 aliphatic carbocycles. The molecule has 1 atom stereocenters. The van der Waals surface area contributed by atoms with Crippen LogP contribution in [0, 0.1) is 0 Å². The maximum atomic E-state index is 11.2. The van der Waals surface area contributed by atoms with Gasteiger partial charge >= 0.3 is 5.97 Å². The van der Waals surface area contributed by atoms with Gasteiger partial charge in [-0.25, -0.2) is 4.79 Å². The molecule has 0 aromatic rings. The quantitative estimate of drug-likeness (QED) is 0.469. The van der Waals surface area contributed by atoms with Crippen molar-refractivity contribution < 1.29 is 19.4 Å². The Bertz CT molecular complexity index is 208. The molecule has 6 nitrogen and oxygen atoms in total. The molecule has 0 aromatic heterocycles. The van der Waals surface area contributed by atoms with Crippen LogP contribution in [0.2, 0.25) is 0 Å². The lowest BCUT2D eigenvalue weighted by molar-refractivity contribution is -0.142. The first-order valence-corrected chi connectivity index (χ1v) is 4.90. The van der Waals surface area contributed by atoms with E-state index in [9.17, 15) is 9.59 Å². The Hall–Kier alpha value is -1.14. The van der Waals surface area contributed by atoms with E-state index in [1.165, 1.54) is 0 Å². The molecule has 0 bridgehead atoms. The molecule has 0 saturated carbocycles. The monoisotopic (exact) mass is 218 g/mol. The highest BCUT2D eigenvalue weighted by Crippen LogP contribution is 1.92. The van der Waals surface area contributed by atoms with Gasteiger partial charge in [0.1, 0.15) is 6.61 Å². The number of carboxylic acid groups (broad SMARTS) is 1. The van der Waals surface area contributed by atoms with Crippen LogP contribution < -0.4 is 11.1 Å². The zero-order chi connectivity index (χ0) is 11.7. The second-order valence-electron chi connectivity index (χ2n) is 3.13. The molecule has 0 aliphatic heterocycles. The number of ether oxygens (including phenoxy) is 1. The molecule has 0 spiro atoms. The van der Waals surface area contributed by atoms with Crippen LogP contribution in [0.3, 0.4) is 0 Å². The first kappa shape index (κ1) is 13.9. The Balaban J connectivity index is 3.42. The van der Waals surface area contributed by atoms with Crippen LogP contribution in [0.15, 0.2) is 0 Å². The molecule has 15 heavy (non-hydrogen) atoms. The molecule has 0 saturated heterocycles. The van der Waals surface area contributed by atoms with Crippen molar-refractivity contribution in [1.29, 1.82) is 0 Å². The third kappa shape index (κ3) is 7.90. The fraction of sp³-hybridized carbons (Fsp3) is 0.778. The van der Waals surface area contributed by atoms with Crippen molar-refractivity contribution in [3.05, 3.63) is 0 Å². The average Bonchev–Trinajstić information content (AvgIpc) is 2.16. The maximum absolute atomic E-state index is 11.2. The van der Waals surface area contributed by atoms with E-state index in [0.29, 0.717) is 6.42 Å². The molecule has 88 valence electrons. The van der Waals surface area contributed by atoms with Crippen LogP contribution in [0.1, 0.15) is 19.8 Å². The molecular formula is C9H18N2O4. The van der Waals surface area contributed by atoms with E-state index in [2.05, 4.69) is 5.32 Å². The van der Waals surface area contributed by atoms with Crippen molar-refractivity contribution >= 4 is 11.9 Å². The normalized spacial score (nSPS) is 12.1. The van der Waals surface area contributed by atoms with Gasteiger partial charge in [-0.3, -0.25) is 4.79 Å². The summed E-state index contributed by atoms with van der Waals surface area (Å²) in [4.78, 5) is 21.3. The van der Waals surface area contributed by atoms with Crippen LogP contribution in [-0.2, 0) is 14.3 Å². The SMILES string of the molecule is CCC[C@@H](N)C(=O)NCCOCC(=O)O. The van der Waals surface area contributed by atoms with Crippen molar-refractivity contribution in [3.8, 4) is 0 Å². The summed E-state index contributed by atoms with van der Waals surface area (Å²) in [5, 5.41) is 10.8. The summed E-state index contributed by atoms with van der Waals surface area (Å²) in [6, 6.07) is -0.491. The Labute approximate surface area is 88.8 Å². The minimum atomic E-state index is -1.02. The van der Waals surface area contributed by atoms with Gasteiger partial charge in [0.25, 0.3) is 0 Å². The predicted octanol–water partition coefficient (Wildman–Crippen LogP) is -0.669. The van der Waals surface area contributed by atoms with Crippen molar-refractivity contribution in [2.45, 2.75) is 25.8 Å². The van der Waals surface area contributed by atoms with Crippen LogP contribution >= 0.6 is 0 Å². The van der Waals surface area contributed by atoms with Gasteiger partial charge in [-0.2, -0.15) is 0 Å². The summed E-state index contributed by atoms with van der Waals surface area (Å²) in [6.45, 7) is 2.06. The molecule has 4 N–H and O–H groups in total. The second kappa shape index (κ2) is 8.19. The van der Waals surface area contributed by atoms with E-state index < -0.39 is 12.0 Å². The number of nitrogens with one attached hydrogen (secondary N) is 1. The standard InChI is InChI=1S/C9H18N2O4/c1-2-3-7(10)9(14)11-4-5-15-6-8(12)13/h7H,2-6,10H2,1H3,(H,11,14)(H,12,13)/t7-/m1/s1. The minimum Gasteiger partial charge on any atom is -0.480 e. The summed E-state index contributed by atoms with van der Waals surface area (Å²) < 4.78 is 4.73. The predicted molar refractivity (Wildman–Crippen MR) is 54.3 cm³/mol. The van der Waals surface area contributed by atoms with Gasteiger partial charge in [-0.1, -0.05) is 13.3 Å². The molecule has 0 aliphatic rings. The molecule has 1 amide bonds. The van der Waals surface area contributed by atoms with Gasteiger partial charge < -0.3 is 20.9 Å². The summed E-state index contributed by atoms with van der Waals surface area (Å²) in [7, 11) is 0. The Morgan fingerprint density at radius 2 is 2.20 bits per heavy atom. The number of carboxylic acids is 1. The van der Waals surface area contributed by atoms with Gasteiger partial charge in [0.2, 0.25) is 5.91 Å². The molecule has 0 aromatic carbocycles. The van der Waals surface area contributed by atoms with E-state index in [0.717, 1.165) is 6.42 Å². The lowest BCUT2D eigenvalue weighted by Crippen LogP contribution is -2.41. The Morgan fingerprint density at radius 1 is 1.53 bits per heavy atom. The summed E-state index contributed by atoms with van der Waals surface area (Å²) >= 11 is 0. The van der Waals surface area contributed by atoms with Crippen molar-refractivity contribution in [1.82, 2.24) is 5.32 Å². The summed E-state index contributed by atoms with van der Waals surface area (Å²) in [5.41, 5.74) is 5.54. The lowest BCUT2D eigenvalue weighted by atomic mass is 10.2. The largest absolute Gasteiger partial charge is 0.480 e. The molecule has 0 rings (SSSR count). The highest BCUT2D eigenvalue weighted by Gasteiger charge is 2.10. The average molecular weight is 218 g/mol. The number of carbonyl (C=O) groups excluding carboxylic acids is 1. The zero-order valence-corrected chi connectivity index (χ0v) is 8.86. The van der Waals surface area contributed by atoms with Crippen LogP contribution in [0.5, 0.6) is 0 Å².